The minimum Gasteiger partial charge on any atom is -0.507 e. The third-order valence-electron chi connectivity index (χ3n) is 3.22. The summed E-state index contributed by atoms with van der Waals surface area (Å²) in [7, 11) is 0. The fourth-order valence-corrected chi connectivity index (χ4v) is 1.93. The molecule has 0 amide bonds. The maximum absolute atomic E-state index is 13.4. The van der Waals surface area contributed by atoms with Gasteiger partial charge >= 0.3 is 5.97 Å². The second kappa shape index (κ2) is 5.97. The van der Waals surface area contributed by atoms with E-state index in [9.17, 15) is 23.1 Å². The van der Waals surface area contributed by atoms with Crippen LogP contribution in [0.3, 0.4) is 0 Å². The van der Waals surface area contributed by atoms with Crippen molar-refractivity contribution in [2.45, 2.75) is 13.5 Å². The first-order chi connectivity index (χ1) is 10.3. The molecule has 0 aliphatic carbocycles. The van der Waals surface area contributed by atoms with E-state index < -0.39 is 29.2 Å². The van der Waals surface area contributed by atoms with E-state index in [1.165, 1.54) is 25.1 Å². The van der Waals surface area contributed by atoms with Gasteiger partial charge in [0.05, 0.1) is 0 Å². The Morgan fingerprint density at radius 1 is 1.18 bits per heavy atom. The molecule has 2 aromatic rings. The summed E-state index contributed by atoms with van der Waals surface area (Å²) in [4.78, 5) is 10.9. The standard InChI is InChI=1S/C15H12F3NO3/c1-7-8(4-11(16)14(18)13(7)17)6-19-9-2-3-12(20)10(5-9)15(21)22/h2-5,19-20H,6H2,1H3,(H,21,22). The maximum atomic E-state index is 13.4. The van der Waals surface area contributed by atoms with Crippen LogP contribution in [0.5, 0.6) is 5.75 Å². The Morgan fingerprint density at radius 3 is 2.50 bits per heavy atom. The Morgan fingerprint density at radius 2 is 1.86 bits per heavy atom. The predicted octanol–water partition coefficient (Wildman–Crippen LogP) is 3.43. The number of anilines is 1. The van der Waals surface area contributed by atoms with E-state index in [0.29, 0.717) is 5.69 Å². The average Bonchev–Trinajstić information content (AvgIpc) is 2.48. The van der Waals surface area contributed by atoms with Crippen molar-refractivity contribution in [1.82, 2.24) is 0 Å². The molecule has 0 radical (unpaired) electrons. The fraction of sp³-hybridized carbons (Fsp3) is 0.133. The molecular formula is C15H12F3NO3. The van der Waals surface area contributed by atoms with Crippen LogP contribution < -0.4 is 5.32 Å². The van der Waals surface area contributed by atoms with Crippen LogP contribution in [0.1, 0.15) is 21.5 Å². The summed E-state index contributed by atoms with van der Waals surface area (Å²) in [6, 6.07) is 4.65. The van der Waals surface area contributed by atoms with Crippen molar-refractivity contribution in [3.8, 4) is 5.75 Å². The molecule has 0 saturated carbocycles. The number of hydrogen-bond acceptors (Lipinski definition) is 3. The van der Waals surface area contributed by atoms with E-state index in [0.717, 1.165) is 6.07 Å². The molecule has 0 aliphatic rings. The van der Waals surface area contributed by atoms with Crippen molar-refractivity contribution in [1.29, 1.82) is 0 Å². The zero-order valence-electron chi connectivity index (χ0n) is 11.5. The van der Waals surface area contributed by atoms with Gasteiger partial charge in [-0.3, -0.25) is 0 Å². The highest BCUT2D eigenvalue weighted by atomic mass is 19.2. The normalized spacial score (nSPS) is 10.5. The largest absolute Gasteiger partial charge is 0.507 e. The van der Waals surface area contributed by atoms with Crippen LogP contribution >= 0.6 is 0 Å². The van der Waals surface area contributed by atoms with Crippen molar-refractivity contribution < 1.29 is 28.2 Å². The third-order valence-corrected chi connectivity index (χ3v) is 3.22. The number of carboxylic acids is 1. The Bertz CT molecular complexity index is 747. The molecule has 22 heavy (non-hydrogen) atoms. The van der Waals surface area contributed by atoms with Gasteiger partial charge in [-0.25, -0.2) is 18.0 Å². The summed E-state index contributed by atoms with van der Waals surface area (Å²) in [5, 5.41) is 21.1. The molecule has 0 saturated heterocycles. The van der Waals surface area contributed by atoms with Gasteiger partial charge in [0, 0.05) is 12.2 Å². The van der Waals surface area contributed by atoms with Crippen LogP contribution in [0.25, 0.3) is 0 Å². The molecule has 2 rings (SSSR count). The first-order valence-corrected chi connectivity index (χ1v) is 6.24. The lowest BCUT2D eigenvalue weighted by Crippen LogP contribution is -2.07. The zero-order valence-corrected chi connectivity index (χ0v) is 11.5. The highest BCUT2D eigenvalue weighted by Gasteiger charge is 2.16. The molecule has 0 aliphatic heterocycles. The van der Waals surface area contributed by atoms with Gasteiger partial charge in [-0.2, -0.15) is 0 Å². The number of nitrogens with one attached hydrogen (secondary N) is 1. The second-order valence-electron chi connectivity index (χ2n) is 4.66. The number of aromatic carboxylic acids is 1. The Labute approximate surface area is 123 Å². The molecule has 0 aromatic heterocycles. The van der Waals surface area contributed by atoms with E-state index in [4.69, 9.17) is 5.11 Å². The highest BCUT2D eigenvalue weighted by molar-refractivity contribution is 5.92. The lowest BCUT2D eigenvalue weighted by atomic mass is 10.1. The predicted molar refractivity (Wildman–Crippen MR) is 73.4 cm³/mol. The summed E-state index contributed by atoms with van der Waals surface area (Å²) >= 11 is 0. The molecule has 0 fully saturated rings. The lowest BCUT2D eigenvalue weighted by molar-refractivity contribution is 0.0694. The Balaban J connectivity index is 2.24. The zero-order chi connectivity index (χ0) is 16.4. The van der Waals surface area contributed by atoms with Gasteiger partial charge in [0.15, 0.2) is 17.5 Å². The third kappa shape index (κ3) is 2.98. The number of aromatic hydroxyl groups is 1. The minimum atomic E-state index is -1.53. The number of hydrogen-bond donors (Lipinski definition) is 3. The van der Waals surface area contributed by atoms with Crippen LogP contribution in [0.15, 0.2) is 24.3 Å². The number of benzene rings is 2. The second-order valence-corrected chi connectivity index (χ2v) is 4.66. The molecule has 116 valence electrons. The molecule has 0 bridgehead atoms. The Hall–Kier alpha value is -2.70. The van der Waals surface area contributed by atoms with Gasteiger partial charge in [0.1, 0.15) is 11.3 Å². The van der Waals surface area contributed by atoms with Gasteiger partial charge in [-0.1, -0.05) is 0 Å². The van der Waals surface area contributed by atoms with Gasteiger partial charge < -0.3 is 15.5 Å². The molecule has 0 heterocycles. The molecule has 0 atom stereocenters. The van der Waals surface area contributed by atoms with Gasteiger partial charge in [-0.05, 0) is 42.3 Å². The van der Waals surface area contributed by atoms with Crippen molar-refractivity contribution in [2.75, 3.05) is 5.32 Å². The smallest absolute Gasteiger partial charge is 0.339 e. The number of phenols is 1. The molecule has 0 unspecified atom stereocenters. The summed E-state index contributed by atoms with van der Waals surface area (Å²) in [5.74, 6) is -5.78. The SMILES string of the molecule is Cc1c(CNc2ccc(O)c(C(=O)O)c2)cc(F)c(F)c1F. The van der Waals surface area contributed by atoms with E-state index in [2.05, 4.69) is 5.32 Å². The van der Waals surface area contributed by atoms with Gasteiger partial charge in [0.2, 0.25) is 0 Å². The summed E-state index contributed by atoms with van der Waals surface area (Å²) in [5.41, 5.74) is 0.183. The molecule has 4 nitrogen and oxygen atoms in total. The van der Waals surface area contributed by atoms with Crippen LogP contribution in [-0.2, 0) is 6.54 Å². The number of carbonyl (C=O) groups is 1. The van der Waals surface area contributed by atoms with Crippen LogP contribution in [0, 0.1) is 24.4 Å². The maximum Gasteiger partial charge on any atom is 0.339 e. The molecule has 7 heteroatoms. The van der Waals surface area contributed by atoms with E-state index >= 15 is 0 Å². The first kappa shape index (κ1) is 15.7. The highest BCUT2D eigenvalue weighted by Crippen LogP contribution is 2.23. The summed E-state index contributed by atoms with van der Waals surface area (Å²) < 4.78 is 39.7. The van der Waals surface area contributed by atoms with Crippen LogP contribution in [0.2, 0.25) is 0 Å². The number of carboxylic acid groups (broad SMARTS) is 1. The quantitative estimate of drug-likeness (QED) is 0.598. The van der Waals surface area contributed by atoms with Gasteiger partial charge in [0.25, 0.3) is 0 Å². The summed E-state index contributed by atoms with van der Waals surface area (Å²) in [6.07, 6.45) is 0. The van der Waals surface area contributed by atoms with E-state index in [1.54, 1.807) is 0 Å². The molecule has 0 spiro atoms. The van der Waals surface area contributed by atoms with Crippen molar-refractivity contribution in [3.63, 3.8) is 0 Å². The fourth-order valence-electron chi connectivity index (χ4n) is 1.93. The van der Waals surface area contributed by atoms with Crippen LogP contribution in [0.4, 0.5) is 18.9 Å². The van der Waals surface area contributed by atoms with Crippen molar-refractivity contribution in [2.24, 2.45) is 0 Å². The Kier molecular flexibility index (Phi) is 4.25. The van der Waals surface area contributed by atoms with E-state index in [1.807, 2.05) is 0 Å². The topological polar surface area (TPSA) is 69.6 Å². The monoisotopic (exact) mass is 311 g/mol. The van der Waals surface area contributed by atoms with E-state index in [-0.39, 0.29) is 23.2 Å². The lowest BCUT2D eigenvalue weighted by Gasteiger charge is -2.11. The summed E-state index contributed by atoms with van der Waals surface area (Å²) in [6.45, 7) is 1.28. The molecule has 3 N–H and O–H groups in total. The molecule has 2 aromatic carbocycles. The van der Waals surface area contributed by atoms with Crippen molar-refractivity contribution >= 4 is 11.7 Å². The number of halogens is 3. The number of rotatable bonds is 4. The average molecular weight is 311 g/mol. The molecular weight excluding hydrogens is 299 g/mol. The van der Waals surface area contributed by atoms with Gasteiger partial charge in [-0.15, -0.1) is 0 Å². The minimum absolute atomic E-state index is 0.0379. The first-order valence-electron chi connectivity index (χ1n) is 6.24. The van der Waals surface area contributed by atoms with Crippen molar-refractivity contribution in [3.05, 3.63) is 58.4 Å². The van der Waals surface area contributed by atoms with Crippen LogP contribution in [-0.4, -0.2) is 16.2 Å².